The topological polar surface area (TPSA) is 63.7 Å². The molecule has 5 nitrogen and oxygen atoms in total. The Kier molecular flexibility index (Phi) is 6.41. The molecule has 0 amide bonds. The van der Waals surface area contributed by atoms with Gasteiger partial charge in [0.2, 0.25) is 10.0 Å². The third kappa shape index (κ3) is 4.50. The van der Waals surface area contributed by atoms with E-state index in [4.69, 9.17) is 4.74 Å². The molecule has 1 aromatic carbocycles. The maximum atomic E-state index is 12.8. The molecule has 0 spiro atoms. The minimum atomic E-state index is -3.45. The summed E-state index contributed by atoms with van der Waals surface area (Å²) in [7, 11) is -3.45. The number of aryl methyl sites for hydroxylation is 1. The van der Waals surface area contributed by atoms with Crippen LogP contribution in [0.25, 0.3) is 0 Å². The van der Waals surface area contributed by atoms with Gasteiger partial charge in [-0.2, -0.15) is 0 Å². The van der Waals surface area contributed by atoms with Crippen molar-refractivity contribution in [3.63, 3.8) is 0 Å². The van der Waals surface area contributed by atoms with Crippen LogP contribution in [0.4, 0.5) is 0 Å². The van der Waals surface area contributed by atoms with Crippen LogP contribution in [0.1, 0.15) is 30.9 Å². The van der Waals surface area contributed by atoms with Gasteiger partial charge in [-0.25, -0.2) is 12.7 Å². The number of carbonyl (C=O) groups excluding carboxylic acids is 1. The van der Waals surface area contributed by atoms with Gasteiger partial charge in [0.1, 0.15) is 0 Å². The van der Waals surface area contributed by atoms with Crippen molar-refractivity contribution in [1.29, 1.82) is 0 Å². The minimum Gasteiger partial charge on any atom is -0.466 e. The molecule has 1 aromatic rings. The fraction of sp³-hybridized carbons (Fsp3) is 0.526. The first-order valence-electron chi connectivity index (χ1n) is 8.65. The van der Waals surface area contributed by atoms with Crippen LogP contribution in [0.15, 0.2) is 36.9 Å². The van der Waals surface area contributed by atoms with Crippen molar-refractivity contribution in [2.75, 3.05) is 25.4 Å². The Balaban J connectivity index is 2.37. The molecule has 0 aromatic heterocycles. The second-order valence-corrected chi connectivity index (χ2v) is 8.62. The molecule has 1 heterocycles. The van der Waals surface area contributed by atoms with Crippen molar-refractivity contribution in [3.8, 4) is 0 Å². The lowest BCUT2D eigenvalue weighted by atomic mass is 9.75. The molecule has 1 atom stereocenters. The van der Waals surface area contributed by atoms with E-state index in [0.29, 0.717) is 25.8 Å². The van der Waals surface area contributed by atoms with Gasteiger partial charge in [-0.15, -0.1) is 6.58 Å². The van der Waals surface area contributed by atoms with E-state index < -0.39 is 15.4 Å². The molecule has 0 unspecified atom stereocenters. The number of carbonyl (C=O) groups is 1. The molecular weight excluding hydrogens is 338 g/mol. The van der Waals surface area contributed by atoms with Crippen LogP contribution < -0.4 is 0 Å². The van der Waals surface area contributed by atoms with E-state index in [2.05, 4.69) is 6.58 Å². The van der Waals surface area contributed by atoms with Crippen LogP contribution in [0.5, 0.6) is 0 Å². The van der Waals surface area contributed by atoms with Gasteiger partial charge in [-0.3, -0.25) is 4.79 Å². The summed E-state index contributed by atoms with van der Waals surface area (Å²) in [5.74, 6) is -0.423. The van der Waals surface area contributed by atoms with Gasteiger partial charge < -0.3 is 4.74 Å². The molecular formula is C19H27NO4S. The van der Waals surface area contributed by atoms with Crippen molar-refractivity contribution < 1.29 is 17.9 Å². The summed E-state index contributed by atoms with van der Waals surface area (Å²) in [6.45, 7) is 8.18. The lowest BCUT2D eigenvalue weighted by Gasteiger charge is -2.40. The van der Waals surface area contributed by atoms with Gasteiger partial charge in [0.05, 0.1) is 17.8 Å². The summed E-state index contributed by atoms with van der Waals surface area (Å²) in [4.78, 5) is 12.8. The third-order valence-corrected chi connectivity index (χ3v) is 6.52. The van der Waals surface area contributed by atoms with Crippen LogP contribution in [0.2, 0.25) is 0 Å². The largest absolute Gasteiger partial charge is 0.466 e. The molecule has 1 saturated heterocycles. The van der Waals surface area contributed by atoms with E-state index in [1.54, 1.807) is 6.92 Å². The third-order valence-electron chi connectivity index (χ3n) is 4.76. The first-order valence-corrected chi connectivity index (χ1v) is 10.3. The smallest absolute Gasteiger partial charge is 0.313 e. The molecule has 0 saturated carbocycles. The highest BCUT2D eigenvalue weighted by molar-refractivity contribution is 7.89. The van der Waals surface area contributed by atoms with Crippen molar-refractivity contribution in [2.24, 2.45) is 5.41 Å². The molecule has 1 fully saturated rings. The molecule has 138 valence electrons. The number of piperidine rings is 1. The number of rotatable bonds is 7. The Morgan fingerprint density at radius 3 is 2.76 bits per heavy atom. The average molecular weight is 365 g/mol. The number of nitrogens with zero attached hydrogens (tertiary/aromatic N) is 1. The zero-order chi connectivity index (χ0) is 18.5. The predicted octanol–water partition coefficient (Wildman–Crippen LogP) is 2.70. The van der Waals surface area contributed by atoms with E-state index in [0.717, 1.165) is 11.1 Å². The van der Waals surface area contributed by atoms with E-state index in [9.17, 15) is 13.2 Å². The molecule has 0 radical (unpaired) electrons. The number of sulfonamides is 1. The van der Waals surface area contributed by atoms with Crippen LogP contribution in [0, 0.1) is 12.3 Å². The first kappa shape index (κ1) is 19.7. The van der Waals surface area contributed by atoms with Crippen molar-refractivity contribution in [3.05, 3.63) is 48.0 Å². The molecule has 25 heavy (non-hydrogen) atoms. The Morgan fingerprint density at radius 2 is 2.12 bits per heavy atom. The quantitative estimate of drug-likeness (QED) is 0.550. The Bertz CT molecular complexity index is 729. The Labute approximate surface area is 150 Å². The first-order chi connectivity index (χ1) is 11.8. The summed E-state index contributed by atoms with van der Waals surface area (Å²) in [6, 6.07) is 7.89. The highest BCUT2D eigenvalue weighted by atomic mass is 32.2. The molecule has 6 heteroatoms. The van der Waals surface area contributed by atoms with Crippen LogP contribution in [-0.2, 0) is 26.0 Å². The second-order valence-electron chi connectivity index (χ2n) is 6.61. The summed E-state index contributed by atoms with van der Waals surface area (Å²) in [5.41, 5.74) is 1.31. The molecule has 0 bridgehead atoms. The predicted molar refractivity (Wildman–Crippen MR) is 98.7 cm³/mol. The fourth-order valence-electron chi connectivity index (χ4n) is 3.42. The van der Waals surface area contributed by atoms with Gasteiger partial charge in [0.15, 0.2) is 0 Å². The molecule has 2 rings (SSSR count). The van der Waals surface area contributed by atoms with Crippen LogP contribution in [-0.4, -0.2) is 44.1 Å². The Hall–Kier alpha value is -1.66. The number of benzene rings is 1. The van der Waals surface area contributed by atoms with Crippen LogP contribution >= 0.6 is 0 Å². The lowest BCUT2D eigenvalue weighted by Crippen LogP contribution is -2.52. The lowest BCUT2D eigenvalue weighted by molar-refractivity contribution is -0.157. The molecule has 1 aliphatic heterocycles. The normalized spacial score (nSPS) is 21.7. The Morgan fingerprint density at radius 1 is 1.40 bits per heavy atom. The summed E-state index contributed by atoms with van der Waals surface area (Å²) in [5, 5.41) is 0. The monoisotopic (exact) mass is 365 g/mol. The summed E-state index contributed by atoms with van der Waals surface area (Å²) < 4.78 is 31.7. The van der Waals surface area contributed by atoms with Gasteiger partial charge in [0, 0.05) is 13.1 Å². The highest BCUT2D eigenvalue weighted by Crippen LogP contribution is 2.37. The van der Waals surface area contributed by atoms with E-state index in [-0.39, 0.29) is 24.9 Å². The maximum absolute atomic E-state index is 12.8. The fourth-order valence-corrected chi connectivity index (χ4v) is 4.78. The second kappa shape index (κ2) is 8.15. The highest BCUT2D eigenvalue weighted by Gasteiger charge is 2.46. The summed E-state index contributed by atoms with van der Waals surface area (Å²) >= 11 is 0. The minimum absolute atomic E-state index is 0.115. The van der Waals surface area contributed by atoms with Gasteiger partial charge in [-0.05, 0) is 44.2 Å². The number of hydrogen-bond acceptors (Lipinski definition) is 4. The summed E-state index contributed by atoms with van der Waals surface area (Å²) in [6.07, 6.45) is 3.14. The van der Waals surface area contributed by atoms with E-state index in [1.807, 2.05) is 31.2 Å². The molecule has 0 N–H and O–H groups in total. The zero-order valence-corrected chi connectivity index (χ0v) is 15.8. The van der Waals surface area contributed by atoms with Crippen molar-refractivity contribution in [2.45, 2.75) is 33.1 Å². The van der Waals surface area contributed by atoms with Gasteiger partial charge in [0.25, 0.3) is 0 Å². The van der Waals surface area contributed by atoms with Crippen molar-refractivity contribution >= 4 is 16.0 Å². The van der Waals surface area contributed by atoms with Gasteiger partial charge in [-0.1, -0.05) is 30.3 Å². The zero-order valence-electron chi connectivity index (χ0n) is 15.0. The average Bonchev–Trinajstić information content (AvgIpc) is 2.57. The van der Waals surface area contributed by atoms with E-state index in [1.165, 1.54) is 10.4 Å². The van der Waals surface area contributed by atoms with Crippen molar-refractivity contribution in [1.82, 2.24) is 4.31 Å². The van der Waals surface area contributed by atoms with Crippen LogP contribution in [0.3, 0.4) is 0 Å². The van der Waals surface area contributed by atoms with Gasteiger partial charge >= 0.3 is 5.97 Å². The standard InChI is InChI=1S/C19H27NO4S/c1-4-13-25(22,23)20-12-8-11-19(15-20,18(21)24-5-2)14-17-10-7-6-9-16(17)3/h4,6-7,9-10H,1,5,8,11-15H2,2-3H3/t19-/m1/s1. The van der Waals surface area contributed by atoms with E-state index >= 15 is 0 Å². The maximum Gasteiger partial charge on any atom is 0.313 e. The number of ether oxygens (including phenoxy) is 1. The number of esters is 1. The molecule has 0 aliphatic carbocycles. The SMILES string of the molecule is C=CCS(=O)(=O)N1CCC[C@](Cc2ccccc2C)(C(=O)OCC)C1. The number of hydrogen-bond donors (Lipinski definition) is 0. The molecule has 1 aliphatic rings.